The normalized spacial score (nSPS) is 25.9. The zero-order valence-electron chi connectivity index (χ0n) is 8.87. The molecule has 2 unspecified atom stereocenters. The molecule has 2 atom stereocenters. The Morgan fingerprint density at radius 1 is 1.36 bits per heavy atom. The third-order valence-electron chi connectivity index (χ3n) is 3.25. The summed E-state index contributed by atoms with van der Waals surface area (Å²) in [6, 6.07) is 9.37. The van der Waals surface area contributed by atoms with Crippen LogP contribution in [0, 0.1) is 0 Å². The standard InChI is InChI=1S/C13H19N/c1-2-4-10-5-3-6-11(9-10)12-7-8-13(12)14/h3,5-6,9,12-13H,2,4,7-8,14H2,1H3. The van der Waals surface area contributed by atoms with E-state index in [0.717, 1.165) is 0 Å². The Morgan fingerprint density at radius 3 is 2.79 bits per heavy atom. The first-order chi connectivity index (χ1) is 6.81. The van der Waals surface area contributed by atoms with Gasteiger partial charge in [0.15, 0.2) is 0 Å². The lowest BCUT2D eigenvalue weighted by Gasteiger charge is -2.34. The molecule has 0 aromatic heterocycles. The molecule has 1 aromatic rings. The molecule has 0 heterocycles. The van der Waals surface area contributed by atoms with Crippen LogP contribution < -0.4 is 5.73 Å². The number of rotatable bonds is 3. The Labute approximate surface area is 86.3 Å². The molecule has 0 saturated heterocycles. The minimum atomic E-state index is 0.409. The first kappa shape index (κ1) is 9.72. The second kappa shape index (κ2) is 4.14. The fraction of sp³-hybridized carbons (Fsp3) is 0.538. The van der Waals surface area contributed by atoms with Crippen molar-refractivity contribution in [1.29, 1.82) is 0 Å². The Morgan fingerprint density at radius 2 is 2.21 bits per heavy atom. The Balaban J connectivity index is 2.13. The van der Waals surface area contributed by atoms with Crippen molar-refractivity contribution >= 4 is 0 Å². The SMILES string of the molecule is CCCc1cccc(C2CCC2N)c1. The second-order valence-electron chi connectivity index (χ2n) is 4.34. The van der Waals surface area contributed by atoms with E-state index >= 15 is 0 Å². The molecule has 0 spiro atoms. The maximum atomic E-state index is 5.98. The van der Waals surface area contributed by atoms with Gasteiger partial charge in [0, 0.05) is 6.04 Å². The van der Waals surface area contributed by atoms with Crippen LogP contribution in [0.3, 0.4) is 0 Å². The minimum Gasteiger partial charge on any atom is -0.327 e. The average Bonchev–Trinajstić information content (AvgIpc) is 2.17. The molecule has 1 saturated carbocycles. The maximum Gasteiger partial charge on any atom is 0.0108 e. The molecular formula is C13H19N. The fourth-order valence-corrected chi connectivity index (χ4v) is 2.21. The Kier molecular flexibility index (Phi) is 2.87. The highest BCUT2D eigenvalue weighted by Gasteiger charge is 2.28. The van der Waals surface area contributed by atoms with Crippen molar-refractivity contribution in [1.82, 2.24) is 0 Å². The smallest absolute Gasteiger partial charge is 0.0108 e. The lowest BCUT2D eigenvalue weighted by molar-refractivity contribution is 0.346. The quantitative estimate of drug-likeness (QED) is 0.777. The van der Waals surface area contributed by atoms with Gasteiger partial charge in [-0.15, -0.1) is 0 Å². The summed E-state index contributed by atoms with van der Waals surface area (Å²) in [5.41, 5.74) is 8.89. The molecule has 2 N–H and O–H groups in total. The zero-order chi connectivity index (χ0) is 9.97. The van der Waals surface area contributed by atoms with Crippen molar-refractivity contribution < 1.29 is 0 Å². The van der Waals surface area contributed by atoms with E-state index in [1.807, 2.05) is 0 Å². The predicted molar refractivity (Wildman–Crippen MR) is 60.4 cm³/mol. The third kappa shape index (κ3) is 1.83. The van der Waals surface area contributed by atoms with Gasteiger partial charge < -0.3 is 5.73 Å². The summed E-state index contributed by atoms with van der Waals surface area (Å²) in [6.07, 6.45) is 4.88. The summed E-state index contributed by atoms with van der Waals surface area (Å²) in [6.45, 7) is 2.22. The van der Waals surface area contributed by atoms with Crippen molar-refractivity contribution in [2.45, 2.75) is 44.6 Å². The van der Waals surface area contributed by atoms with Crippen LogP contribution in [0.1, 0.15) is 43.2 Å². The van der Waals surface area contributed by atoms with Gasteiger partial charge in [-0.25, -0.2) is 0 Å². The van der Waals surface area contributed by atoms with Crippen LogP contribution in [0.25, 0.3) is 0 Å². The highest BCUT2D eigenvalue weighted by molar-refractivity contribution is 5.29. The number of hydrogen-bond donors (Lipinski definition) is 1. The molecule has 0 radical (unpaired) electrons. The number of benzene rings is 1. The van der Waals surface area contributed by atoms with E-state index < -0.39 is 0 Å². The summed E-state index contributed by atoms with van der Waals surface area (Å²) < 4.78 is 0. The summed E-state index contributed by atoms with van der Waals surface area (Å²) in [5, 5.41) is 0. The van der Waals surface area contributed by atoms with Crippen molar-refractivity contribution in [3.05, 3.63) is 35.4 Å². The molecule has 2 rings (SSSR count). The van der Waals surface area contributed by atoms with Gasteiger partial charge >= 0.3 is 0 Å². The Hall–Kier alpha value is -0.820. The van der Waals surface area contributed by atoms with Crippen LogP contribution in [0.2, 0.25) is 0 Å². The van der Waals surface area contributed by atoms with Crippen molar-refractivity contribution in [3.63, 3.8) is 0 Å². The van der Waals surface area contributed by atoms with E-state index in [9.17, 15) is 0 Å². The topological polar surface area (TPSA) is 26.0 Å². The van der Waals surface area contributed by atoms with Crippen molar-refractivity contribution in [2.24, 2.45) is 5.73 Å². The monoisotopic (exact) mass is 189 g/mol. The van der Waals surface area contributed by atoms with E-state index in [0.29, 0.717) is 12.0 Å². The molecule has 0 aliphatic heterocycles. The van der Waals surface area contributed by atoms with Gasteiger partial charge in [0.1, 0.15) is 0 Å². The molecule has 0 amide bonds. The zero-order valence-corrected chi connectivity index (χ0v) is 8.87. The molecular weight excluding hydrogens is 170 g/mol. The van der Waals surface area contributed by atoms with E-state index in [4.69, 9.17) is 5.73 Å². The van der Waals surface area contributed by atoms with Crippen LogP contribution in [0.5, 0.6) is 0 Å². The fourth-order valence-electron chi connectivity index (χ4n) is 2.21. The third-order valence-corrected chi connectivity index (χ3v) is 3.25. The van der Waals surface area contributed by atoms with E-state index in [2.05, 4.69) is 31.2 Å². The van der Waals surface area contributed by atoms with Crippen LogP contribution in [-0.4, -0.2) is 6.04 Å². The van der Waals surface area contributed by atoms with Crippen LogP contribution in [0.4, 0.5) is 0 Å². The van der Waals surface area contributed by atoms with E-state index in [-0.39, 0.29) is 0 Å². The first-order valence-corrected chi connectivity index (χ1v) is 5.65. The van der Waals surface area contributed by atoms with Crippen LogP contribution >= 0.6 is 0 Å². The van der Waals surface area contributed by atoms with Gasteiger partial charge in [-0.3, -0.25) is 0 Å². The van der Waals surface area contributed by atoms with Crippen LogP contribution in [-0.2, 0) is 6.42 Å². The lowest BCUT2D eigenvalue weighted by atomic mass is 9.75. The van der Waals surface area contributed by atoms with E-state index in [1.54, 1.807) is 0 Å². The van der Waals surface area contributed by atoms with Crippen LogP contribution in [0.15, 0.2) is 24.3 Å². The lowest BCUT2D eigenvalue weighted by Crippen LogP contribution is -2.37. The van der Waals surface area contributed by atoms with Gasteiger partial charge in [0.25, 0.3) is 0 Å². The number of aryl methyl sites for hydroxylation is 1. The first-order valence-electron chi connectivity index (χ1n) is 5.65. The second-order valence-corrected chi connectivity index (χ2v) is 4.34. The average molecular weight is 189 g/mol. The summed E-state index contributed by atoms with van der Waals surface area (Å²) >= 11 is 0. The largest absolute Gasteiger partial charge is 0.327 e. The number of hydrogen-bond acceptors (Lipinski definition) is 1. The van der Waals surface area contributed by atoms with Gasteiger partial charge in [-0.05, 0) is 36.3 Å². The minimum absolute atomic E-state index is 0.409. The summed E-state index contributed by atoms with van der Waals surface area (Å²) in [4.78, 5) is 0. The van der Waals surface area contributed by atoms with Gasteiger partial charge in [-0.1, -0.05) is 37.6 Å². The molecule has 0 bridgehead atoms. The molecule has 14 heavy (non-hydrogen) atoms. The molecule has 1 aromatic carbocycles. The highest BCUT2D eigenvalue weighted by Crippen LogP contribution is 2.35. The predicted octanol–water partition coefficient (Wildman–Crippen LogP) is 2.84. The van der Waals surface area contributed by atoms with Gasteiger partial charge in [0.05, 0.1) is 0 Å². The highest BCUT2D eigenvalue weighted by atomic mass is 14.7. The molecule has 1 aliphatic rings. The number of nitrogens with two attached hydrogens (primary N) is 1. The maximum absolute atomic E-state index is 5.98. The molecule has 76 valence electrons. The van der Waals surface area contributed by atoms with Crippen molar-refractivity contribution in [2.75, 3.05) is 0 Å². The molecule has 1 heteroatoms. The molecule has 1 aliphatic carbocycles. The molecule has 1 nitrogen and oxygen atoms in total. The van der Waals surface area contributed by atoms with Gasteiger partial charge in [0.2, 0.25) is 0 Å². The summed E-state index contributed by atoms with van der Waals surface area (Å²) in [7, 11) is 0. The van der Waals surface area contributed by atoms with Crippen molar-refractivity contribution in [3.8, 4) is 0 Å². The summed E-state index contributed by atoms with van der Waals surface area (Å²) in [5.74, 6) is 0.631. The van der Waals surface area contributed by atoms with Gasteiger partial charge in [-0.2, -0.15) is 0 Å². The molecule has 1 fully saturated rings. The van der Waals surface area contributed by atoms with E-state index in [1.165, 1.54) is 36.8 Å². The Bertz CT molecular complexity index is 306.